The van der Waals surface area contributed by atoms with Crippen molar-refractivity contribution in [3.8, 4) is 22.6 Å². The van der Waals surface area contributed by atoms with E-state index < -0.39 is 5.82 Å². The zero-order valence-electron chi connectivity index (χ0n) is 10.5. The molecule has 0 amide bonds. The lowest BCUT2D eigenvalue weighted by atomic mass is 10.1. The van der Waals surface area contributed by atoms with Crippen LogP contribution in [-0.4, -0.2) is 6.29 Å². The average Bonchev–Trinajstić information content (AvgIpc) is 2.86. The molecule has 0 aliphatic heterocycles. The number of carbonyl (C=O) groups excluding carboxylic acids is 1. The lowest BCUT2D eigenvalue weighted by molar-refractivity contribution is 0.112. The predicted molar refractivity (Wildman–Crippen MR) is 74.9 cm³/mol. The molecule has 20 heavy (non-hydrogen) atoms. The first kappa shape index (κ1) is 12.4. The highest BCUT2D eigenvalue weighted by Crippen LogP contribution is 2.34. The van der Waals surface area contributed by atoms with Gasteiger partial charge in [0.2, 0.25) is 0 Å². The Hall–Kier alpha value is -2.68. The average molecular weight is 266 g/mol. The van der Waals surface area contributed by atoms with Crippen LogP contribution < -0.4 is 0 Å². The number of benzene rings is 2. The molecule has 1 aromatic heterocycles. The third kappa shape index (κ3) is 2.03. The van der Waals surface area contributed by atoms with Crippen LogP contribution in [0.25, 0.3) is 22.6 Å². The molecule has 0 aliphatic rings. The molecule has 3 rings (SSSR count). The van der Waals surface area contributed by atoms with Gasteiger partial charge in [-0.2, -0.15) is 0 Å². The van der Waals surface area contributed by atoms with Gasteiger partial charge in [-0.1, -0.05) is 60.7 Å². The van der Waals surface area contributed by atoms with Crippen LogP contribution in [0.3, 0.4) is 0 Å². The van der Waals surface area contributed by atoms with Crippen molar-refractivity contribution in [2.24, 2.45) is 0 Å². The molecule has 3 aromatic rings. The maximum Gasteiger partial charge on any atom is 0.180 e. The van der Waals surface area contributed by atoms with E-state index in [0.29, 0.717) is 17.4 Å². The lowest BCUT2D eigenvalue weighted by Gasteiger charge is -1.97. The number of carbonyl (C=O) groups is 1. The highest BCUT2D eigenvalue weighted by Gasteiger charge is 2.22. The Balaban J connectivity index is 2.21. The Bertz CT molecular complexity index is 730. The summed E-state index contributed by atoms with van der Waals surface area (Å²) in [6, 6.07) is 17.9. The Morgan fingerprint density at radius 1 is 0.800 bits per heavy atom. The SMILES string of the molecule is O=Cc1c(-c2ccccc2)oc(-c2ccccc2)c1F. The van der Waals surface area contributed by atoms with E-state index in [1.165, 1.54) is 0 Å². The Kier molecular flexibility index (Phi) is 3.17. The molecule has 0 aliphatic carbocycles. The van der Waals surface area contributed by atoms with Crippen molar-refractivity contribution in [2.75, 3.05) is 0 Å². The van der Waals surface area contributed by atoms with Crippen LogP contribution in [0.5, 0.6) is 0 Å². The second-order valence-corrected chi connectivity index (χ2v) is 4.34. The summed E-state index contributed by atoms with van der Waals surface area (Å²) in [5, 5.41) is 0. The van der Waals surface area contributed by atoms with Crippen molar-refractivity contribution in [3.05, 3.63) is 72.0 Å². The molecule has 0 atom stereocenters. The van der Waals surface area contributed by atoms with Gasteiger partial charge in [0.15, 0.2) is 17.9 Å². The van der Waals surface area contributed by atoms with E-state index >= 15 is 0 Å². The molecule has 98 valence electrons. The zero-order chi connectivity index (χ0) is 13.9. The summed E-state index contributed by atoms with van der Waals surface area (Å²) in [6.45, 7) is 0. The van der Waals surface area contributed by atoms with Crippen LogP contribution in [0.15, 0.2) is 65.1 Å². The second kappa shape index (κ2) is 5.13. The van der Waals surface area contributed by atoms with Crippen LogP contribution in [0.2, 0.25) is 0 Å². The van der Waals surface area contributed by atoms with Crippen LogP contribution >= 0.6 is 0 Å². The first-order chi connectivity index (χ1) is 9.81. The van der Waals surface area contributed by atoms with Crippen molar-refractivity contribution in [3.63, 3.8) is 0 Å². The standard InChI is InChI=1S/C17H11FO2/c18-15-14(11-19)16(12-7-3-1-4-8-12)20-17(15)13-9-5-2-6-10-13/h1-11H. The molecule has 1 heterocycles. The maximum atomic E-state index is 14.3. The van der Waals surface area contributed by atoms with Gasteiger partial charge >= 0.3 is 0 Å². The minimum Gasteiger partial charge on any atom is -0.452 e. The maximum absolute atomic E-state index is 14.3. The molecule has 0 radical (unpaired) electrons. The topological polar surface area (TPSA) is 30.2 Å². The molecule has 0 saturated carbocycles. The van der Waals surface area contributed by atoms with E-state index in [4.69, 9.17) is 4.42 Å². The van der Waals surface area contributed by atoms with Crippen molar-refractivity contribution in [1.82, 2.24) is 0 Å². The van der Waals surface area contributed by atoms with Crippen LogP contribution in [0.1, 0.15) is 10.4 Å². The van der Waals surface area contributed by atoms with Crippen molar-refractivity contribution in [1.29, 1.82) is 0 Å². The fourth-order valence-corrected chi connectivity index (χ4v) is 2.11. The summed E-state index contributed by atoms with van der Waals surface area (Å²) in [6.07, 6.45) is 0.494. The number of furan rings is 1. The van der Waals surface area contributed by atoms with E-state index in [9.17, 15) is 9.18 Å². The van der Waals surface area contributed by atoms with Gasteiger partial charge in [-0.15, -0.1) is 0 Å². The Morgan fingerprint density at radius 3 is 1.80 bits per heavy atom. The summed E-state index contributed by atoms with van der Waals surface area (Å²) >= 11 is 0. The van der Waals surface area contributed by atoms with Crippen molar-refractivity contribution in [2.45, 2.75) is 0 Å². The first-order valence-electron chi connectivity index (χ1n) is 6.19. The van der Waals surface area contributed by atoms with Gasteiger partial charge < -0.3 is 4.42 Å². The molecule has 3 heteroatoms. The third-order valence-electron chi connectivity index (χ3n) is 3.07. The van der Waals surface area contributed by atoms with E-state index in [1.54, 1.807) is 36.4 Å². The van der Waals surface area contributed by atoms with Gasteiger partial charge in [-0.05, 0) is 0 Å². The van der Waals surface area contributed by atoms with Crippen molar-refractivity contribution < 1.29 is 13.6 Å². The van der Waals surface area contributed by atoms with Gasteiger partial charge in [0.05, 0.1) is 5.56 Å². The van der Waals surface area contributed by atoms with Crippen molar-refractivity contribution >= 4 is 6.29 Å². The molecule has 2 aromatic carbocycles. The van der Waals surface area contributed by atoms with Gasteiger partial charge in [-0.25, -0.2) is 4.39 Å². The van der Waals surface area contributed by atoms with E-state index in [-0.39, 0.29) is 17.1 Å². The third-order valence-corrected chi connectivity index (χ3v) is 3.07. The van der Waals surface area contributed by atoms with E-state index in [0.717, 1.165) is 0 Å². The number of hydrogen-bond donors (Lipinski definition) is 0. The summed E-state index contributed by atoms with van der Waals surface area (Å²) in [4.78, 5) is 11.2. The molecule has 0 N–H and O–H groups in total. The van der Waals surface area contributed by atoms with Crippen LogP contribution in [-0.2, 0) is 0 Å². The zero-order valence-corrected chi connectivity index (χ0v) is 10.5. The molecular formula is C17H11FO2. The number of hydrogen-bond acceptors (Lipinski definition) is 2. The minimum absolute atomic E-state index is 0.0462. The highest BCUT2D eigenvalue weighted by molar-refractivity contribution is 5.88. The second-order valence-electron chi connectivity index (χ2n) is 4.34. The van der Waals surface area contributed by atoms with E-state index in [1.807, 2.05) is 24.3 Å². The monoisotopic (exact) mass is 266 g/mol. The fourth-order valence-electron chi connectivity index (χ4n) is 2.11. The molecule has 0 saturated heterocycles. The van der Waals surface area contributed by atoms with Crippen LogP contribution in [0.4, 0.5) is 4.39 Å². The molecule has 0 fully saturated rings. The molecule has 0 unspecified atom stereocenters. The lowest BCUT2D eigenvalue weighted by Crippen LogP contribution is -1.85. The summed E-state index contributed by atoms with van der Waals surface area (Å²) < 4.78 is 19.9. The van der Waals surface area contributed by atoms with Gasteiger partial charge in [0.25, 0.3) is 0 Å². The minimum atomic E-state index is -0.620. The predicted octanol–water partition coefficient (Wildman–Crippen LogP) is 4.57. The smallest absolute Gasteiger partial charge is 0.180 e. The van der Waals surface area contributed by atoms with E-state index in [2.05, 4.69) is 0 Å². The fraction of sp³-hybridized carbons (Fsp3) is 0. The first-order valence-corrected chi connectivity index (χ1v) is 6.19. The van der Waals surface area contributed by atoms with Gasteiger partial charge in [0.1, 0.15) is 5.76 Å². The van der Waals surface area contributed by atoms with Gasteiger partial charge in [-0.3, -0.25) is 4.79 Å². The molecule has 0 bridgehead atoms. The number of aldehydes is 1. The summed E-state index contributed by atoms with van der Waals surface area (Å²) in [7, 11) is 0. The highest BCUT2D eigenvalue weighted by atomic mass is 19.1. The number of rotatable bonds is 3. The normalized spacial score (nSPS) is 10.4. The Labute approximate surface area is 115 Å². The number of halogens is 1. The largest absolute Gasteiger partial charge is 0.452 e. The summed E-state index contributed by atoms with van der Waals surface area (Å²) in [5.41, 5.74) is 1.24. The Morgan fingerprint density at radius 2 is 1.30 bits per heavy atom. The molecule has 2 nitrogen and oxygen atoms in total. The van der Waals surface area contributed by atoms with Crippen LogP contribution in [0, 0.1) is 5.82 Å². The molecular weight excluding hydrogens is 255 g/mol. The summed E-state index contributed by atoms with van der Waals surface area (Å²) in [5.74, 6) is -0.270. The quantitative estimate of drug-likeness (QED) is 0.650. The van der Waals surface area contributed by atoms with Gasteiger partial charge in [0, 0.05) is 11.1 Å². The molecule has 0 spiro atoms.